The molecule has 0 radical (unpaired) electrons. The van der Waals surface area contributed by atoms with E-state index in [1.54, 1.807) is 18.2 Å². The number of hydrogen-bond acceptors (Lipinski definition) is 3. The lowest BCUT2D eigenvalue weighted by atomic mass is 10.2. The SMILES string of the molecule is C=CCNC(=O)C(=O)N/N=C\c1cc(C)n(-c2cc(Cl)ccc2Cl)c1C. The van der Waals surface area contributed by atoms with Gasteiger partial charge >= 0.3 is 11.8 Å². The normalized spacial score (nSPS) is 10.8. The Morgan fingerprint density at radius 1 is 1.23 bits per heavy atom. The molecule has 1 heterocycles. The van der Waals surface area contributed by atoms with E-state index in [1.165, 1.54) is 12.3 Å². The molecule has 0 bridgehead atoms. The van der Waals surface area contributed by atoms with Crippen molar-refractivity contribution in [2.75, 3.05) is 6.54 Å². The summed E-state index contributed by atoms with van der Waals surface area (Å²) < 4.78 is 1.94. The van der Waals surface area contributed by atoms with Crippen LogP contribution >= 0.6 is 23.2 Å². The summed E-state index contributed by atoms with van der Waals surface area (Å²) in [5.74, 6) is -1.63. The zero-order valence-corrected chi connectivity index (χ0v) is 15.9. The van der Waals surface area contributed by atoms with Crippen LogP contribution in [0.25, 0.3) is 5.69 Å². The molecule has 0 aliphatic heterocycles. The second-order valence-corrected chi connectivity index (χ2v) is 6.30. The van der Waals surface area contributed by atoms with Crippen LogP contribution in [0.15, 0.2) is 42.0 Å². The largest absolute Gasteiger partial charge is 0.344 e. The summed E-state index contributed by atoms with van der Waals surface area (Å²) in [7, 11) is 0. The Morgan fingerprint density at radius 3 is 2.65 bits per heavy atom. The van der Waals surface area contributed by atoms with Gasteiger partial charge in [0.25, 0.3) is 0 Å². The molecule has 6 nitrogen and oxygen atoms in total. The van der Waals surface area contributed by atoms with Gasteiger partial charge in [-0.25, -0.2) is 5.43 Å². The number of hydrogen-bond donors (Lipinski definition) is 2. The third kappa shape index (κ3) is 4.53. The predicted octanol–water partition coefficient (Wildman–Crippen LogP) is 3.15. The van der Waals surface area contributed by atoms with Gasteiger partial charge in [0.2, 0.25) is 0 Å². The summed E-state index contributed by atoms with van der Waals surface area (Å²) in [6.45, 7) is 7.47. The van der Waals surface area contributed by atoms with Crippen LogP contribution < -0.4 is 10.7 Å². The van der Waals surface area contributed by atoms with Crippen molar-refractivity contribution in [1.82, 2.24) is 15.3 Å². The number of benzene rings is 1. The second kappa shape index (κ2) is 8.69. The molecule has 0 aliphatic rings. The monoisotopic (exact) mass is 392 g/mol. The van der Waals surface area contributed by atoms with Crippen LogP contribution in [0.5, 0.6) is 0 Å². The van der Waals surface area contributed by atoms with E-state index >= 15 is 0 Å². The topological polar surface area (TPSA) is 75.5 Å². The van der Waals surface area contributed by atoms with Gasteiger partial charge in [-0.2, -0.15) is 5.10 Å². The molecular formula is C18H18Cl2N4O2. The van der Waals surface area contributed by atoms with Crippen molar-refractivity contribution < 1.29 is 9.59 Å². The van der Waals surface area contributed by atoms with E-state index in [1.807, 2.05) is 24.5 Å². The van der Waals surface area contributed by atoms with E-state index in [-0.39, 0.29) is 6.54 Å². The van der Waals surface area contributed by atoms with Crippen LogP contribution in [0, 0.1) is 13.8 Å². The van der Waals surface area contributed by atoms with Crippen molar-refractivity contribution in [2.24, 2.45) is 5.10 Å². The Morgan fingerprint density at radius 2 is 1.96 bits per heavy atom. The highest BCUT2D eigenvalue weighted by Crippen LogP contribution is 2.28. The third-order valence-electron chi connectivity index (χ3n) is 3.60. The first-order valence-corrected chi connectivity index (χ1v) is 8.47. The average molecular weight is 393 g/mol. The van der Waals surface area contributed by atoms with Crippen molar-refractivity contribution in [3.05, 3.63) is 63.9 Å². The lowest BCUT2D eigenvalue weighted by Gasteiger charge is -2.12. The molecule has 2 amide bonds. The molecule has 0 saturated carbocycles. The number of nitrogens with zero attached hydrogens (tertiary/aromatic N) is 2. The molecule has 0 aliphatic carbocycles. The molecule has 1 aromatic carbocycles. The first-order valence-electron chi connectivity index (χ1n) is 7.71. The number of hydrazone groups is 1. The van der Waals surface area contributed by atoms with Crippen molar-refractivity contribution in [3.63, 3.8) is 0 Å². The number of aryl methyl sites for hydroxylation is 1. The van der Waals surface area contributed by atoms with E-state index in [0.717, 1.165) is 22.6 Å². The average Bonchev–Trinajstić information content (AvgIpc) is 2.88. The molecule has 1 aromatic heterocycles. The molecule has 2 rings (SSSR count). The molecule has 0 saturated heterocycles. The van der Waals surface area contributed by atoms with Crippen LogP contribution in [-0.4, -0.2) is 29.1 Å². The van der Waals surface area contributed by atoms with E-state index < -0.39 is 11.8 Å². The molecule has 0 atom stereocenters. The molecule has 0 fully saturated rings. The van der Waals surface area contributed by atoms with Gasteiger partial charge in [-0.3, -0.25) is 9.59 Å². The predicted molar refractivity (Wildman–Crippen MR) is 104 cm³/mol. The Bertz CT molecular complexity index is 888. The number of carbonyl (C=O) groups is 2. The fourth-order valence-corrected chi connectivity index (χ4v) is 2.77. The molecular weight excluding hydrogens is 375 g/mol. The van der Waals surface area contributed by atoms with Gasteiger partial charge in [-0.05, 0) is 38.1 Å². The second-order valence-electron chi connectivity index (χ2n) is 5.46. The maximum Gasteiger partial charge on any atom is 0.329 e. The highest BCUT2D eigenvalue weighted by atomic mass is 35.5. The summed E-state index contributed by atoms with van der Waals surface area (Å²) in [5.41, 5.74) is 5.49. The summed E-state index contributed by atoms with van der Waals surface area (Å²) in [6, 6.07) is 7.11. The number of halogens is 2. The zero-order valence-electron chi connectivity index (χ0n) is 14.3. The number of nitrogens with one attached hydrogen (secondary N) is 2. The fourth-order valence-electron chi connectivity index (χ4n) is 2.40. The smallest absolute Gasteiger partial charge is 0.329 e. The summed E-state index contributed by atoms with van der Waals surface area (Å²) in [6.07, 6.45) is 2.94. The highest BCUT2D eigenvalue weighted by molar-refractivity contribution is 6.35. The molecule has 26 heavy (non-hydrogen) atoms. The van der Waals surface area contributed by atoms with E-state index in [9.17, 15) is 9.59 Å². The van der Waals surface area contributed by atoms with E-state index in [2.05, 4.69) is 22.4 Å². The first kappa shape index (κ1) is 19.8. The van der Waals surface area contributed by atoms with Crippen LogP contribution in [-0.2, 0) is 9.59 Å². The number of rotatable bonds is 5. The quantitative estimate of drug-likeness (QED) is 0.355. The van der Waals surface area contributed by atoms with E-state index in [4.69, 9.17) is 23.2 Å². The zero-order chi connectivity index (χ0) is 19.3. The fraction of sp³-hybridized carbons (Fsp3) is 0.167. The Kier molecular flexibility index (Phi) is 6.60. The van der Waals surface area contributed by atoms with Gasteiger partial charge in [0.1, 0.15) is 0 Å². The van der Waals surface area contributed by atoms with Crippen LogP contribution in [0.3, 0.4) is 0 Å². The van der Waals surface area contributed by atoms with Crippen LogP contribution in [0.1, 0.15) is 17.0 Å². The third-order valence-corrected chi connectivity index (χ3v) is 4.16. The van der Waals surface area contributed by atoms with Gasteiger partial charge in [-0.1, -0.05) is 29.3 Å². The van der Waals surface area contributed by atoms with Crippen LogP contribution in [0.4, 0.5) is 0 Å². The maximum absolute atomic E-state index is 11.6. The molecule has 136 valence electrons. The minimum absolute atomic E-state index is 0.206. The maximum atomic E-state index is 11.6. The first-order chi connectivity index (χ1) is 12.3. The molecule has 2 N–H and O–H groups in total. The van der Waals surface area contributed by atoms with Crippen molar-refractivity contribution in [3.8, 4) is 5.69 Å². The number of aromatic nitrogens is 1. The Labute approximate surface area is 161 Å². The number of amides is 2. The summed E-state index contributed by atoms with van der Waals surface area (Å²) in [5, 5.41) is 7.34. The van der Waals surface area contributed by atoms with Gasteiger partial charge in [0, 0.05) is 28.5 Å². The van der Waals surface area contributed by atoms with Crippen LogP contribution in [0.2, 0.25) is 10.0 Å². The molecule has 0 unspecified atom stereocenters. The van der Waals surface area contributed by atoms with Gasteiger partial charge < -0.3 is 9.88 Å². The minimum Gasteiger partial charge on any atom is -0.344 e. The van der Waals surface area contributed by atoms with Gasteiger partial charge in [0.05, 0.1) is 16.9 Å². The van der Waals surface area contributed by atoms with Crippen molar-refractivity contribution >= 4 is 41.2 Å². The lowest BCUT2D eigenvalue weighted by molar-refractivity contribution is -0.139. The lowest BCUT2D eigenvalue weighted by Crippen LogP contribution is -2.37. The standard InChI is InChI=1S/C18H18Cl2N4O2/c1-4-7-21-17(25)18(26)23-22-10-13-8-11(2)24(12(13)3)16-9-14(19)5-6-15(16)20/h4-6,8-10H,1,7H2,2-3H3,(H,21,25)(H,23,26)/b22-10-. The minimum atomic E-state index is -0.852. The summed E-state index contributed by atoms with van der Waals surface area (Å²) in [4.78, 5) is 23.0. The summed E-state index contributed by atoms with van der Waals surface area (Å²) >= 11 is 12.4. The van der Waals surface area contributed by atoms with E-state index in [0.29, 0.717) is 10.0 Å². The molecule has 0 spiro atoms. The Balaban J connectivity index is 2.20. The van der Waals surface area contributed by atoms with Crippen molar-refractivity contribution in [2.45, 2.75) is 13.8 Å². The van der Waals surface area contributed by atoms with Crippen molar-refractivity contribution in [1.29, 1.82) is 0 Å². The highest BCUT2D eigenvalue weighted by Gasteiger charge is 2.14. The number of carbonyl (C=O) groups excluding carboxylic acids is 2. The Hall–Kier alpha value is -2.57. The molecule has 8 heteroatoms. The van der Waals surface area contributed by atoms with Gasteiger partial charge in [0.15, 0.2) is 0 Å². The van der Waals surface area contributed by atoms with Gasteiger partial charge in [-0.15, -0.1) is 6.58 Å². The molecule has 2 aromatic rings.